The van der Waals surface area contributed by atoms with E-state index in [1.54, 1.807) is 11.3 Å². The number of nitrogens with zero attached hydrogens (tertiary/aromatic N) is 1. The van der Waals surface area contributed by atoms with Crippen molar-refractivity contribution in [3.05, 3.63) is 28.8 Å². The Morgan fingerprint density at radius 1 is 1.36 bits per heavy atom. The molecule has 0 spiro atoms. The van der Waals surface area contributed by atoms with E-state index >= 15 is 0 Å². The lowest BCUT2D eigenvalue weighted by Crippen LogP contribution is -1.92. The molecular weight excluding hydrogens is 190 g/mol. The molecule has 0 fully saturated rings. The van der Waals surface area contributed by atoms with Crippen LogP contribution in [-0.4, -0.2) is 4.98 Å². The van der Waals surface area contributed by atoms with E-state index in [0.29, 0.717) is 0 Å². The molecule has 0 aliphatic rings. The SMILES string of the molecule is Cc1nc2ccc(CC(C)C)cc2s1. The van der Waals surface area contributed by atoms with Gasteiger partial charge in [-0.2, -0.15) is 0 Å². The van der Waals surface area contributed by atoms with Crippen molar-refractivity contribution < 1.29 is 0 Å². The number of rotatable bonds is 2. The van der Waals surface area contributed by atoms with Crippen LogP contribution in [0.1, 0.15) is 24.4 Å². The van der Waals surface area contributed by atoms with Crippen molar-refractivity contribution in [1.82, 2.24) is 4.98 Å². The maximum Gasteiger partial charge on any atom is 0.0907 e. The zero-order chi connectivity index (χ0) is 10.1. The highest BCUT2D eigenvalue weighted by Crippen LogP contribution is 2.23. The first-order valence-electron chi connectivity index (χ1n) is 5.01. The van der Waals surface area contributed by atoms with Crippen LogP contribution in [-0.2, 0) is 6.42 Å². The Bertz CT molecular complexity index is 443. The number of hydrogen-bond acceptors (Lipinski definition) is 2. The van der Waals surface area contributed by atoms with Gasteiger partial charge in [0.05, 0.1) is 15.2 Å². The zero-order valence-corrected chi connectivity index (χ0v) is 9.69. The lowest BCUT2D eigenvalue weighted by atomic mass is 10.0. The number of thiazole rings is 1. The maximum atomic E-state index is 4.45. The second-order valence-electron chi connectivity index (χ2n) is 4.13. The second kappa shape index (κ2) is 3.70. The van der Waals surface area contributed by atoms with Gasteiger partial charge in [-0.25, -0.2) is 4.98 Å². The summed E-state index contributed by atoms with van der Waals surface area (Å²) in [6.07, 6.45) is 1.16. The van der Waals surface area contributed by atoms with E-state index in [0.717, 1.165) is 22.9 Å². The van der Waals surface area contributed by atoms with Crippen molar-refractivity contribution in [2.45, 2.75) is 27.2 Å². The van der Waals surface area contributed by atoms with Gasteiger partial charge in [0.1, 0.15) is 0 Å². The molecule has 1 aromatic carbocycles. The van der Waals surface area contributed by atoms with Crippen molar-refractivity contribution in [3.63, 3.8) is 0 Å². The van der Waals surface area contributed by atoms with Crippen molar-refractivity contribution in [2.24, 2.45) is 5.92 Å². The first kappa shape index (κ1) is 9.66. The van der Waals surface area contributed by atoms with Crippen LogP contribution in [0.25, 0.3) is 10.2 Å². The molecule has 0 atom stereocenters. The van der Waals surface area contributed by atoms with Gasteiger partial charge >= 0.3 is 0 Å². The highest BCUT2D eigenvalue weighted by Gasteiger charge is 2.02. The minimum absolute atomic E-state index is 0.724. The predicted molar refractivity (Wildman–Crippen MR) is 62.9 cm³/mol. The molecule has 1 nitrogen and oxygen atoms in total. The molecule has 2 rings (SSSR count). The Kier molecular flexibility index (Phi) is 2.55. The van der Waals surface area contributed by atoms with Gasteiger partial charge in [-0.3, -0.25) is 0 Å². The summed E-state index contributed by atoms with van der Waals surface area (Å²) in [7, 11) is 0. The fraction of sp³-hybridized carbons (Fsp3) is 0.417. The largest absolute Gasteiger partial charge is 0.242 e. The van der Waals surface area contributed by atoms with E-state index in [1.807, 2.05) is 0 Å². The van der Waals surface area contributed by atoms with Crippen LogP contribution < -0.4 is 0 Å². The fourth-order valence-electron chi connectivity index (χ4n) is 1.68. The Balaban J connectivity index is 2.40. The second-order valence-corrected chi connectivity index (χ2v) is 5.37. The summed E-state index contributed by atoms with van der Waals surface area (Å²) in [6, 6.07) is 6.61. The molecule has 0 amide bonds. The molecular formula is C12H15NS. The number of aryl methyl sites for hydroxylation is 1. The van der Waals surface area contributed by atoms with Crippen molar-refractivity contribution >= 4 is 21.6 Å². The van der Waals surface area contributed by atoms with Crippen LogP contribution in [0.4, 0.5) is 0 Å². The third kappa shape index (κ3) is 1.95. The zero-order valence-electron chi connectivity index (χ0n) is 8.87. The highest BCUT2D eigenvalue weighted by atomic mass is 32.1. The van der Waals surface area contributed by atoms with Gasteiger partial charge in [0, 0.05) is 0 Å². The van der Waals surface area contributed by atoms with E-state index in [9.17, 15) is 0 Å². The van der Waals surface area contributed by atoms with Gasteiger partial charge in [-0.1, -0.05) is 19.9 Å². The minimum Gasteiger partial charge on any atom is -0.242 e. The topological polar surface area (TPSA) is 12.9 Å². The monoisotopic (exact) mass is 205 g/mol. The van der Waals surface area contributed by atoms with Gasteiger partial charge in [0.25, 0.3) is 0 Å². The molecule has 0 saturated heterocycles. The number of aromatic nitrogens is 1. The van der Waals surface area contributed by atoms with Crippen molar-refractivity contribution in [2.75, 3.05) is 0 Å². The molecule has 0 bridgehead atoms. The molecule has 0 unspecified atom stereocenters. The van der Waals surface area contributed by atoms with Crippen LogP contribution in [0.3, 0.4) is 0 Å². The molecule has 0 aliphatic heterocycles. The van der Waals surface area contributed by atoms with Crippen LogP contribution in [0, 0.1) is 12.8 Å². The molecule has 1 aromatic heterocycles. The summed E-state index contributed by atoms with van der Waals surface area (Å²) < 4.78 is 1.32. The average Bonchev–Trinajstić information content (AvgIpc) is 2.42. The minimum atomic E-state index is 0.724. The summed E-state index contributed by atoms with van der Waals surface area (Å²) in [5, 5.41) is 1.15. The molecule has 14 heavy (non-hydrogen) atoms. The number of fused-ring (bicyclic) bond motifs is 1. The van der Waals surface area contributed by atoms with E-state index in [4.69, 9.17) is 0 Å². The smallest absolute Gasteiger partial charge is 0.0907 e. The standard InChI is InChI=1S/C12H15NS/c1-8(2)6-10-4-5-11-12(7-10)14-9(3)13-11/h4-5,7-8H,6H2,1-3H3. The molecule has 0 aliphatic carbocycles. The summed E-state index contributed by atoms with van der Waals surface area (Å²) in [4.78, 5) is 4.45. The average molecular weight is 205 g/mol. The predicted octanol–water partition coefficient (Wildman–Crippen LogP) is 3.80. The third-order valence-electron chi connectivity index (χ3n) is 2.20. The van der Waals surface area contributed by atoms with E-state index < -0.39 is 0 Å². The summed E-state index contributed by atoms with van der Waals surface area (Å²) >= 11 is 1.78. The first-order valence-corrected chi connectivity index (χ1v) is 5.83. The third-order valence-corrected chi connectivity index (χ3v) is 3.14. The van der Waals surface area contributed by atoms with Gasteiger partial charge in [0.15, 0.2) is 0 Å². The Labute approximate surface area is 88.8 Å². The normalized spacial score (nSPS) is 11.4. The summed E-state index contributed by atoms with van der Waals surface area (Å²) in [5.41, 5.74) is 2.57. The summed E-state index contributed by atoms with van der Waals surface area (Å²) in [6.45, 7) is 6.57. The quantitative estimate of drug-likeness (QED) is 0.726. The van der Waals surface area contributed by atoms with Crippen molar-refractivity contribution in [3.8, 4) is 0 Å². The lowest BCUT2D eigenvalue weighted by molar-refractivity contribution is 0.648. The van der Waals surface area contributed by atoms with Gasteiger partial charge in [0.2, 0.25) is 0 Å². The Morgan fingerprint density at radius 2 is 2.14 bits per heavy atom. The molecule has 0 saturated carbocycles. The Hall–Kier alpha value is -0.890. The molecule has 0 radical (unpaired) electrons. The van der Waals surface area contributed by atoms with E-state index in [2.05, 4.69) is 44.0 Å². The van der Waals surface area contributed by atoms with Crippen LogP contribution in [0.15, 0.2) is 18.2 Å². The number of benzene rings is 1. The molecule has 0 N–H and O–H groups in total. The fourth-order valence-corrected chi connectivity index (χ4v) is 2.57. The molecule has 1 heterocycles. The van der Waals surface area contributed by atoms with Gasteiger partial charge < -0.3 is 0 Å². The highest BCUT2D eigenvalue weighted by molar-refractivity contribution is 7.18. The van der Waals surface area contributed by atoms with Gasteiger partial charge in [-0.05, 0) is 37.0 Å². The summed E-state index contributed by atoms with van der Waals surface area (Å²) in [5.74, 6) is 0.724. The van der Waals surface area contributed by atoms with Crippen LogP contribution in [0.5, 0.6) is 0 Å². The van der Waals surface area contributed by atoms with Crippen molar-refractivity contribution in [1.29, 1.82) is 0 Å². The van der Waals surface area contributed by atoms with E-state index in [-0.39, 0.29) is 0 Å². The Morgan fingerprint density at radius 3 is 2.86 bits per heavy atom. The first-order chi connectivity index (χ1) is 6.65. The van der Waals surface area contributed by atoms with Gasteiger partial charge in [-0.15, -0.1) is 11.3 Å². The molecule has 2 aromatic rings. The lowest BCUT2D eigenvalue weighted by Gasteiger charge is -2.03. The number of hydrogen-bond donors (Lipinski definition) is 0. The maximum absolute atomic E-state index is 4.45. The van der Waals surface area contributed by atoms with Crippen LogP contribution in [0.2, 0.25) is 0 Å². The van der Waals surface area contributed by atoms with Crippen LogP contribution >= 0.6 is 11.3 Å². The molecule has 74 valence electrons. The van der Waals surface area contributed by atoms with E-state index in [1.165, 1.54) is 10.3 Å². The molecule has 2 heteroatoms.